The van der Waals surface area contributed by atoms with Gasteiger partial charge in [0.05, 0.1) is 17.2 Å². The number of H-pyrrole nitrogens is 1. The number of amides is 1. The summed E-state index contributed by atoms with van der Waals surface area (Å²) in [7, 11) is 0. The van der Waals surface area contributed by atoms with Crippen LogP contribution in [0.1, 0.15) is 23.2 Å². The Kier molecular flexibility index (Phi) is 6.50. The van der Waals surface area contributed by atoms with Crippen LogP contribution >= 0.6 is 15.9 Å². The summed E-state index contributed by atoms with van der Waals surface area (Å²) in [6.07, 6.45) is 1.75. The van der Waals surface area contributed by atoms with Crippen LogP contribution in [0.5, 0.6) is 11.6 Å². The molecule has 178 valence electrons. The summed E-state index contributed by atoms with van der Waals surface area (Å²) in [6.45, 7) is 1.01. The molecule has 1 aliphatic rings. The molecule has 0 bridgehead atoms. The van der Waals surface area contributed by atoms with Gasteiger partial charge in [0.15, 0.2) is 5.69 Å². The second kappa shape index (κ2) is 9.87. The molecule has 0 saturated carbocycles. The van der Waals surface area contributed by atoms with E-state index in [1.807, 2.05) is 23.1 Å². The van der Waals surface area contributed by atoms with Gasteiger partial charge in [-0.25, -0.2) is 4.39 Å². The van der Waals surface area contributed by atoms with Gasteiger partial charge in [-0.3, -0.25) is 4.79 Å². The largest absolute Gasteiger partial charge is 0.493 e. The Labute approximate surface area is 209 Å². The predicted octanol–water partition coefficient (Wildman–Crippen LogP) is 6.87. The first-order valence-electron chi connectivity index (χ1n) is 11.2. The van der Waals surface area contributed by atoms with Crippen LogP contribution in [-0.4, -0.2) is 40.1 Å². The Hall–Kier alpha value is -3.72. The lowest BCUT2D eigenvalue weighted by Gasteiger charge is -2.25. The molecule has 9 heteroatoms. The molecule has 7 nitrogen and oxygen atoms in total. The molecule has 0 spiro atoms. The quantitative estimate of drug-likeness (QED) is 0.263. The molecular formula is C26H22BrFN4O3. The van der Waals surface area contributed by atoms with Crippen LogP contribution < -0.4 is 4.74 Å². The minimum absolute atomic E-state index is 0.0453. The van der Waals surface area contributed by atoms with Crippen molar-refractivity contribution < 1.29 is 19.0 Å². The molecule has 0 aliphatic carbocycles. The van der Waals surface area contributed by atoms with E-state index in [0.717, 1.165) is 28.2 Å². The second-order valence-electron chi connectivity index (χ2n) is 8.32. The maximum atomic E-state index is 13.1. The van der Waals surface area contributed by atoms with Crippen LogP contribution in [0.15, 0.2) is 81.4 Å². The Morgan fingerprint density at radius 2 is 1.89 bits per heavy atom. The zero-order chi connectivity index (χ0) is 24.4. The van der Waals surface area contributed by atoms with E-state index in [0.29, 0.717) is 35.8 Å². The fourth-order valence-corrected chi connectivity index (χ4v) is 4.54. The van der Waals surface area contributed by atoms with Crippen molar-refractivity contribution in [2.45, 2.75) is 18.9 Å². The second-order valence-corrected chi connectivity index (χ2v) is 9.23. The molecule has 4 aromatic rings. The van der Waals surface area contributed by atoms with E-state index in [2.05, 4.69) is 31.1 Å². The smallest absolute Gasteiger partial charge is 0.254 e. The molecule has 0 radical (unpaired) electrons. The fourth-order valence-electron chi connectivity index (χ4n) is 4.18. The molecule has 1 unspecified atom stereocenters. The number of benzene rings is 3. The van der Waals surface area contributed by atoms with Gasteiger partial charge in [-0.05, 0) is 79.6 Å². The third-order valence-electron chi connectivity index (χ3n) is 5.99. The van der Waals surface area contributed by atoms with Crippen molar-refractivity contribution in [3.05, 3.63) is 82.6 Å². The average molecular weight is 537 g/mol. The number of likely N-dealkylation sites (tertiary alicyclic amines) is 1. The highest BCUT2D eigenvalue weighted by Gasteiger charge is 2.30. The standard InChI is InChI=1S/C26H22BrFN4O3/c27-17-5-12-23-22(14-17)24(25(33)29-23)31-30-19-8-3-16(4-9-19)26(34)32-13-1-2-20(32)15-35-21-10-6-18(28)7-11-21/h3-12,14,20,29,33H,1-2,13,15H2. The summed E-state index contributed by atoms with van der Waals surface area (Å²) in [4.78, 5) is 17.8. The van der Waals surface area contributed by atoms with Crippen molar-refractivity contribution >= 4 is 44.1 Å². The van der Waals surface area contributed by atoms with E-state index in [1.165, 1.54) is 12.1 Å². The number of nitrogens with zero attached hydrogens (tertiary/aromatic N) is 3. The number of carbonyl (C=O) groups is 1. The summed E-state index contributed by atoms with van der Waals surface area (Å²) in [6, 6.07) is 18.3. The van der Waals surface area contributed by atoms with E-state index in [1.54, 1.807) is 36.4 Å². The van der Waals surface area contributed by atoms with Gasteiger partial charge in [-0.15, -0.1) is 5.11 Å². The van der Waals surface area contributed by atoms with Crippen molar-refractivity contribution in [2.24, 2.45) is 10.2 Å². The topological polar surface area (TPSA) is 90.3 Å². The van der Waals surface area contributed by atoms with Crippen LogP contribution in [0.2, 0.25) is 0 Å². The average Bonchev–Trinajstić information content (AvgIpc) is 3.46. The Bertz CT molecular complexity index is 1390. The number of hydrogen-bond acceptors (Lipinski definition) is 5. The van der Waals surface area contributed by atoms with E-state index in [9.17, 15) is 14.3 Å². The molecule has 2 heterocycles. The third-order valence-corrected chi connectivity index (χ3v) is 6.48. The molecule has 1 aliphatic heterocycles. The van der Waals surface area contributed by atoms with Gasteiger partial charge >= 0.3 is 0 Å². The molecular weight excluding hydrogens is 515 g/mol. The Morgan fingerprint density at radius 3 is 2.66 bits per heavy atom. The van der Waals surface area contributed by atoms with Gasteiger partial charge in [-0.2, -0.15) is 5.11 Å². The van der Waals surface area contributed by atoms with Crippen molar-refractivity contribution in [3.8, 4) is 11.6 Å². The zero-order valence-electron chi connectivity index (χ0n) is 18.6. The number of ether oxygens (including phenoxy) is 1. The molecule has 1 atom stereocenters. The number of azo groups is 1. The first-order valence-corrected chi connectivity index (χ1v) is 12.0. The van der Waals surface area contributed by atoms with Gasteiger partial charge in [0.1, 0.15) is 18.2 Å². The van der Waals surface area contributed by atoms with Gasteiger partial charge in [-0.1, -0.05) is 15.9 Å². The molecule has 3 aromatic carbocycles. The Balaban J connectivity index is 1.26. The number of fused-ring (bicyclic) bond motifs is 1. The normalized spacial score (nSPS) is 15.8. The highest BCUT2D eigenvalue weighted by Crippen LogP contribution is 2.37. The summed E-state index contributed by atoms with van der Waals surface area (Å²) in [5.41, 5.74) is 2.21. The van der Waals surface area contributed by atoms with Crippen molar-refractivity contribution in [3.63, 3.8) is 0 Å². The molecule has 1 aromatic heterocycles. The zero-order valence-corrected chi connectivity index (χ0v) is 20.2. The monoisotopic (exact) mass is 536 g/mol. The van der Waals surface area contributed by atoms with Crippen molar-refractivity contribution in [1.29, 1.82) is 0 Å². The maximum absolute atomic E-state index is 13.1. The lowest BCUT2D eigenvalue weighted by atomic mass is 10.1. The van der Waals surface area contributed by atoms with Crippen molar-refractivity contribution in [1.82, 2.24) is 9.88 Å². The minimum Gasteiger partial charge on any atom is -0.493 e. The maximum Gasteiger partial charge on any atom is 0.254 e. The first-order chi connectivity index (χ1) is 17.0. The number of carbonyl (C=O) groups excluding carboxylic acids is 1. The van der Waals surface area contributed by atoms with Crippen LogP contribution in [0.25, 0.3) is 10.9 Å². The molecule has 5 rings (SSSR count). The number of halogens is 2. The molecule has 1 saturated heterocycles. The van der Waals surface area contributed by atoms with E-state index in [4.69, 9.17) is 4.74 Å². The number of aromatic hydroxyl groups is 1. The fraction of sp³-hybridized carbons (Fsp3) is 0.192. The molecule has 1 amide bonds. The van der Waals surface area contributed by atoms with Gasteiger partial charge in [0.2, 0.25) is 5.88 Å². The SMILES string of the molecule is O=C(c1ccc(N=Nc2c(O)[nH]c3ccc(Br)cc23)cc1)N1CCCC1COc1ccc(F)cc1. The predicted molar refractivity (Wildman–Crippen MR) is 134 cm³/mol. The highest BCUT2D eigenvalue weighted by atomic mass is 79.9. The minimum atomic E-state index is -0.315. The number of rotatable bonds is 6. The lowest BCUT2D eigenvalue weighted by Crippen LogP contribution is -2.39. The van der Waals surface area contributed by atoms with Crippen LogP contribution in [0.3, 0.4) is 0 Å². The van der Waals surface area contributed by atoms with Crippen LogP contribution in [0, 0.1) is 5.82 Å². The summed E-state index contributed by atoms with van der Waals surface area (Å²) < 4.78 is 19.7. The number of aromatic amines is 1. The third kappa shape index (κ3) is 5.05. The molecule has 1 fully saturated rings. The molecule has 2 N–H and O–H groups in total. The van der Waals surface area contributed by atoms with E-state index >= 15 is 0 Å². The number of hydrogen-bond donors (Lipinski definition) is 2. The number of aromatic nitrogens is 1. The van der Waals surface area contributed by atoms with Crippen LogP contribution in [-0.2, 0) is 0 Å². The summed E-state index contributed by atoms with van der Waals surface area (Å²) >= 11 is 3.42. The summed E-state index contributed by atoms with van der Waals surface area (Å²) in [5.74, 6) is 0.132. The summed E-state index contributed by atoms with van der Waals surface area (Å²) in [5, 5.41) is 19.4. The van der Waals surface area contributed by atoms with E-state index in [-0.39, 0.29) is 23.6 Å². The molecule has 35 heavy (non-hydrogen) atoms. The van der Waals surface area contributed by atoms with Gasteiger partial charge in [0, 0.05) is 22.0 Å². The lowest BCUT2D eigenvalue weighted by molar-refractivity contribution is 0.0691. The van der Waals surface area contributed by atoms with E-state index < -0.39 is 0 Å². The van der Waals surface area contributed by atoms with Crippen molar-refractivity contribution in [2.75, 3.05) is 13.2 Å². The van der Waals surface area contributed by atoms with Crippen LogP contribution in [0.4, 0.5) is 15.8 Å². The highest BCUT2D eigenvalue weighted by molar-refractivity contribution is 9.10. The Morgan fingerprint density at radius 1 is 1.11 bits per heavy atom. The van der Waals surface area contributed by atoms with Gasteiger partial charge in [0.25, 0.3) is 5.91 Å². The van der Waals surface area contributed by atoms with Gasteiger partial charge < -0.3 is 19.7 Å². The number of nitrogens with one attached hydrogen (secondary N) is 1. The first kappa shape index (κ1) is 23.0.